The standard InChI is InChI=1S/C17H16BrClFN/c18-12-3-1-11(2-4-12)16-10-21-8-7-14(16)15-6-5-13(19)9-17(15)20/h1-6,9,14,16,21H,7-8,10H2. The van der Waals surface area contributed by atoms with Crippen LogP contribution in [0.3, 0.4) is 0 Å². The van der Waals surface area contributed by atoms with Crippen LogP contribution in [0.5, 0.6) is 0 Å². The zero-order chi connectivity index (χ0) is 14.8. The minimum atomic E-state index is -0.198. The quantitative estimate of drug-likeness (QED) is 0.777. The Bertz CT molecular complexity index is 629. The maximum atomic E-state index is 14.3. The second-order valence-corrected chi connectivity index (χ2v) is 6.78. The minimum absolute atomic E-state index is 0.185. The maximum Gasteiger partial charge on any atom is 0.128 e. The average molecular weight is 369 g/mol. The Morgan fingerprint density at radius 3 is 2.57 bits per heavy atom. The molecule has 0 saturated carbocycles. The van der Waals surface area contributed by atoms with E-state index in [0.29, 0.717) is 5.02 Å². The van der Waals surface area contributed by atoms with Gasteiger partial charge >= 0.3 is 0 Å². The first-order valence-electron chi connectivity index (χ1n) is 7.06. The van der Waals surface area contributed by atoms with Crippen LogP contribution < -0.4 is 5.32 Å². The molecule has 3 rings (SSSR count). The van der Waals surface area contributed by atoms with Crippen LogP contribution in [0, 0.1) is 5.82 Å². The molecular weight excluding hydrogens is 353 g/mol. The van der Waals surface area contributed by atoms with Crippen LogP contribution in [0.2, 0.25) is 5.02 Å². The fourth-order valence-electron chi connectivity index (χ4n) is 3.09. The summed E-state index contributed by atoms with van der Waals surface area (Å²) >= 11 is 9.33. The van der Waals surface area contributed by atoms with Gasteiger partial charge in [0.05, 0.1) is 0 Å². The van der Waals surface area contributed by atoms with Crippen LogP contribution in [0.15, 0.2) is 46.9 Å². The molecule has 1 fully saturated rings. The lowest BCUT2D eigenvalue weighted by Gasteiger charge is -2.33. The molecule has 2 unspecified atom stereocenters. The van der Waals surface area contributed by atoms with E-state index in [9.17, 15) is 4.39 Å². The second-order valence-electron chi connectivity index (χ2n) is 5.42. The smallest absolute Gasteiger partial charge is 0.128 e. The van der Waals surface area contributed by atoms with Crippen molar-refractivity contribution in [2.24, 2.45) is 0 Å². The number of benzene rings is 2. The summed E-state index contributed by atoms with van der Waals surface area (Å²) in [6, 6.07) is 13.3. The summed E-state index contributed by atoms with van der Waals surface area (Å²) in [4.78, 5) is 0. The Kier molecular flexibility index (Phi) is 4.63. The molecule has 1 aliphatic rings. The topological polar surface area (TPSA) is 12.0 Å². The van der Waals surface area contributed by atoms with Crippen molar-refractivity contribution in [2.75, 3.05) is 13.1 Å². The van der Waals surface area contributed by atoms with Crippen molar-refractivity contribution < 1.29 is 4.39 Å². The molecule has 0 radical (unpaired) electrons. The van der Waals surface area contributed by atoms with Gasteiger partial charge in [-0.25, -0.2) is 4.39 Å². The fourth-order valence-corrected chi connectivity index (χ4v) is 3.52. The Morgan fingerprint density at radius 2 is 1.86 bits per heavy atom. The highest BCUT2D eigenvalue weighted by molar-refractivity contribution is 9.10. The summed E-state index contributed by atoms with van der Waals surface area (Å²) in [5.41, 5.74) is 2.01. The van der Waals surface area contributed by atoms with Crippen LogP contribution in [0.4, 0.5) is 4.39 Å². The summed E-state index contributed by atoms with van der Waals surface area (Å²) in [5, 5.41) is 3.87. The molecule has 0 bridgehead atoms. The molecule has 1 nitrogen and oxygen atoms in total. The Balaban J connectivity index is 1.96. The van der Waals surface area contributed by atoms with Crippen LogP contribution in [-0.4, -0.2) is 13.1 Å². The summed E-state index contributed by atoms with van der Waals surface area (Å²) in [5.74, 6) is 0.267. The molecule has 1 aliphatic heterocycles. The van der Waals surface area contributed by atoms with Gasteiger partial charge in [0.1, 0.15) is 5.82 Å². The van der Waals surface area contributed by atoms with E-state index in [2.05, 4.69) is 33.4 Å². The molecular formula is C17H16BrClFN. The van der Waals surface area contributed by atoms with Crippen LogP contribution >= 0.6 is 27.5 Å². The van der Waals surface area contributed by atoms with Gasteiger partial charge in [-0.15, -0.1) is 0 Å². The largest absolute Gasteiger partial charge is 0.316 e. The number of rotatable bonds is 2. The second kappa shape index (κ2) is 6.47. The van der Waals surface area contributed by atoms with E-state index in [1.54, 1.807) is 6.07 Å². The van der Waals surface area contributed by atoms with Gasteiger partial charge in [-0.3, -0.25) is 0 Å². The van der Waals surface area contributed by atoms with Crippen molar-refractivity contribution in [1.82, 2.24) is 5.32 Å². The third-order valence-corrected chi connectivity index (χ3v) is 4.91. The molecule has 1 saturated heterocycles. The maximum absolute atomic E-state index is 14.3. The van der Waals surface area contributed by atoms with E-state index in [-0.39, 0.29) is 17.7 Å². The highest BCUT2D eigenvalue weighted by Crippen LogP contribution is 2.39. The molecule has 0 aliphatic carbocycles. The van der Waals surface area contributed by atoms with E-state index >= 15 is 0 Å². The molecule has 0 spiro atoms. The van der Waals surface area contributed by atoms with Crippen molar-refractivity contribution in [2.45, 2.75) is 18.3 Å². The Morgan fingerprint density at radius 1 is 1.10 bits per heavy atom. The molecule has 0 aromatic heterocycles. The summed E-state index contributed by atoms with van der Waals surface area (Å²) in [6.07, 6.45) is 0.930. The van der Waals surface area contributed by atoms with Gasteiger partial charge < -0.3 is 5.32 Å². The number of nitrogens with one attached hydrogen (secondary N) is 1. The Labute approximate surface area is 137 Å². The minimum Gasteiger partial charge on any atom is -0.316 e. The predicted molar refractivity (Wildman–Crippen MR) is 88.5 cm³/mol. The molecule has 4 heteroatoms. The van der Waals surface area contributed by atoms with Crippen molar-refractivity contribution in [3.63, 3.8) is 0 Å². The monoisotopic (exact) mass is 367 g/mol. The SMILES string of the molecule is Fc1cc(Cl)ccc1C1CCNCC1c1ccc(Br)cc1. The first kappa shape index (κ1) is 15.0. The number of halogens is 3. The van der Waals surface area contributed by atoms with Gasteiger partial charge in [-0.1, -0.05) is 45.7 Å². The van der Waals surface area contributed by atoms with Gasteiger partial charge in [-0.2, -0.15) is 0 Å². The number of hydrogen-bond donors (Lipinski definition) is 1. The number of piperidine rings is 1. The van der Waals surface area contributed by atoms with E-state index in [4.69, 9.17) is 11.6 Å². The first-order valence-corrected chi connectivity index (χ1v) is 8.23. The zero-order valence-corrected chi connectivity index (χ0v) is 13.8. The van der Waals surface area contributed by atoms with Gasteiger partial charge in [0.2, 0.25) is 0 Å². The summed E-state index contributed by atoms with van der Waals surface area (Å²) < 4.78 is 15.3. The predicted octanol–water partition coefficient (Wildman–Crippen LogP) is 5.10. The Hall–Kier alpha value is -0.900. The van der Waals surface area contributed by atoms with Crippen LogP contribution in [0.1, 0.15) is 29.4 Å². The van der Waals surface area contributed by atoms with E-state index in [0.717, 1.165) is 29.5 Å². The van der Waals surface area contributed by atoms with Gasteiger partial charge in [0, 0.05) is 22.0 Å². The summed E-state index contributed by atoms with van der Waals surface area (Å²) in [7, 11) is 0. The van der Waals surface area contributed by atoms with Crippen molar-refractivity contribution in [3.8, 4) is 0 Å². The summed E-state index contributed by atoms with van der Waals surface area (Å²) in [6.45, 7) is 1.79. The van der Waals surface area contributed by atoms with Crippen molar-refractivity contribution >= 4 is 27.5 Å². The van der Waals surface area contributed by atoms with Crippen LogP contribution in [0.25, 0.3) is 0 Å². The molecule has 110 valence electrons. The molecule has 2 aromatic carbocycles. The highest BCUT2D eigenvalue weighted by atomic mass is 79.9. The van der Waals surface area contributed by atoms with Gasteiger partial charge in [0.15, 0.2) is 0 Å². The van der Waals surface area contributed by atoms with Crippen molar-refractivity contribution in [3.05, 3.63) is 68.9 Å². The molecule has 1 heterocycles. The molecule has 21 heavy (non-hydrogen) atoms. The zero-order valence-electron chi connectivity index (χ0n) is 11.5. The van der Waals surface area contributed by atoms with Crippen molar-refractivity contribution in [1.29, 1.82) is 0 Å². The van der Waals surface area contributed by atoms with E-state index in [1.807, 2.05) is 18.2 Å². The average Bonchev–Trinajstić information content (AvgIpc) is 2.48. The van der Waals surface area contributed by atoms with Crippen LogP contribution in [-0.2, 0) is 0 Å². The van der Waals surface area contributed by atoms with E-state index < -0.39 is 0 Å². The third kappa shape index (κ3) is 3.31. The normalized spacial score (nSPS) is 22.2. The third-order valence-electron chi connectivity index (χ3n) is 4.14. The number of hydrogen-bond acceptors (Lipinski definition) is 1. The van der Waals surface area contributed by atoms with Gasteiger partial charge in [0.25, 0.3) is 0 Å². The lowest BCUT2D eigenvalue weighted by atomic mass is 9.77. The molecule has 2 aromatic rings. The fraction of sp³-hybridized carbons (Fsp3) is 0.294. The molecule has 1 N–H and O–H groups in total. The molecule has 2 atom stereocenters. The first-order chi connectivity index (χ1) is 10.1. The lowest BCUT2D eigenvalue weighted by molar-refractivity contribution is 0.393. The highest BCUT2D eigenvalue weighted by Gasteiger charge is 2.29. The molecule has 0 amide bonds. The van der Waals surface area contributed by atoms with E-state index in [1.165, 1.54) is 11.6 Å². The van der Waals surface area contributed by atoms with Gasteiger partial charge in [-0.05, 0) is 54.3 Å². The lowest BCUT2D eigenvalue weighted by Crippen LogP contribution is -2.34.